The Balaban J connectivity index is 2.09. The highest BCUT2D eigenvalue weighted by atomic mass is 32.2. The predicted molar refractivity (Wildman–Crippen MR) is 81.6 cm³/mol. The number of hydrogen-bond acceptors (Lipinski definition) is 3. The van der Waals surface area contributed by atoms with Crippen LogP contribution in [0.5, 0.6) is 0 Å². The van der Waals surface area contributed by atoms with Crippen molar-refractivity contribution in [2.75, 3.05) is 13.6 Å². The fourth-order valence-electron chi connectivity index (χ4n) is 2.12. The van der Waals surface area contributed by atoms with E-state index < -0.39 is 10.0 Å². The Morgan fingerprint density at radius 3 is 2.33 bits per heavy atom. The number of benzene rings is 1. The summed E-state index contributed by atoms with van der Waals surface area (Å²) in [5, 5.41) is 0. The van der Waals surface area contributed by atoms with Crippen molar-refractivity contribution in [1.82, 2.24) is 9.62 Å². The van der Waals surface area contributed by atoms with E-state index >= 15 is 0 Å². The molecular formula is C15H22N2O3S. The largest absolute Gasteiger partial charge is 0.341 e. The third-order valence-corrected chi connectivity index (χ3v) is 4.83. The lowest BCUT2D eigenvalue weighted by molar-refractivity contribution is 0.0779. The molecule has 1 saturated carbocycles. The molecule has 0 saturated heterocycles. The lowest BCUT2D eigenvalue weighted by Crippen LogP contribution is -2.30. The van der Waals surface area contributed by atoms with Crippen molar-refractivity contribution in [3.8, 4) is 0 Å². The molecule has 0 aliphatic heterocycles. The number of rotatable bonds is 6. The molecule has 1 amide bonds. The van der Waals surface area contributed by atoms with Gasteiger partial charge in [0.2, 0.25) is 10.0 Å². The molecule has 116 valence electrons. The van der Waals surface area contributed by atoms with Crippen LogP contribution in [0.15, 0.2) is 29.2 Å². The fraction of sp³-hybridized carbons (Fsp3) is 0.533. The molecule has 1 aliphatic carbocycles. The van der Waals surface area contributed by atoms with Crippen molar-refractivity contribution in [3.63, 3.8) is 0 Å². The quantitative estimate of drug-likeness (QED) is 0.872. The van der Waals surface area contributed by atoms with Crippen molar-refractivity contribution >= 4 is 15.9 Å². The molecule has 0 spiro atoms. The Morgan fingerprint density at radius 1 is 1.29 bits per heavy atom. The normalized spacial score (nSPS) is 15.2. The highest BCUT2D eigenvalue weighted by Crippen LogP contribution is 2.22. The van der Waals surface area contributed by atoms with Gasteiger partial charge in [0.05, 0.1) is 4.90 Å². The van der Waals surface area contributed by atoms with Gasteiger partial charge >= 0.3 is 0 Å². The Labute approximate surface area is 126 Å². The van der Waals surface area contributed by atoms with Gasteiger partial charge in [-0.2, -0.15) is 0 Å². The van der Waals surface area contributed by atoms with Crippen molar-refractivity contribution in [2.24, 2.45) is 5.92 Å². The maximum atomic E-state index is 12.2. The van der Waals surface area contributed by atoms with Crippen LogP contribution >= 0.6 is 0 Å². The topological polar surface area (TPSA) is 66.5 Å². The highest BCUT2D eigenvalue weighted by Gasteiger charge is 2.28. The van der Waals surface area contributed by atoms with Crippen LogP contribution in [0, 0.1) is 5.92 Å². The molecule has 1 aromatic carbocycles. The van der Waals surface area contributed by atoms with Gasteiger partial charge in [-0.05, 0) is 43.0 Å². The van der Waals surface area contributed by atoms with Gasteiger partial charge in [0.1, 0.15) is 0 Å². The summed E-state index contributed by atoms with van der Waals surface area (Å²) >= 11 is 0. The second-order valence-corrected chi connectivity index (χ2v) is 7.71. The van der Waals surface area contributed by atoms with Crippen LogP contribution in [0.4, 0.5) is 0 Å². The van der Waals surface area contributed by atoms with Gasteiger partial charge in [-0.25, -0.2) is 13.1 Å². The molecule has 5 nitrogen and oxygen atoms in total. The summed E-state index contributed by atoms with van der Waals surface area (Å²) in [6.45, 7) is 4.76. The van der Waals surface area contributed by atoms with Crippen molar-refractivity contribution in [3.05, 3.63) is 29.8 Å². The first-order chi connectivity index (χ1) is 9.79. The number of amides is 1. The minimum atomic E-state index is -3.45. The van der Waals surface area contributed by atoms with Gasteiger partial charge in [0.15, 0.2) is 0 Å². The van der Waals surface area contributed by atoms with Crippen LogP contribution in [-0.2, 0) is 10.0 Å². The van der Waals surface area contributed by atoms with Crippen LogP contribution in [0.3, 0.4) is 0 Å². The predicted octanol–water partition coefficient (Wildman–Crippen LogP) is 1.86. The monoisotopic (exact) mass is 310 g/mol. The average molecular weight is 310 g/mol. The maximum Gasteiger partial charge on any atom is 0.253 e. The van der Waals surface area contributed by atoms with Gasteiger partial charge in [0.25, 0.3) is 5.91 Å². The van der Waals surface area contributed by atoms with E-state index in [1.807, 2.05) is 13.8 Å². The molecule has 1 fully saturated rings. The molecule has 2 rings (SSSR count). The first kappa shape index (κ1) is 16.0. The summed E-state index contributed by atoms with van der Waals surface area (Å²) in [4.78, 5) is 14.0. The molecular weight excluding hydrogens is 288 g/mol. The minimum Gasteiger partial charge on any atom is -0.341 e. The van der Waals surface area contributed by atoms with Crippen molar-refractivity contribution < 1.29 is 13.2 Å². The molecule has 0 heterocycles. The highest BCUT2D eigenvalue weighted by molar-refractivity contribution is 7.89. The smallest absolute Gasteiger partial charge is 0.253 e. The Bertz CT molecular complexity index is 604. The molecule has 0 unspecified atom stereocenters. The van der Waals surface area contributed by atoms with Gasteiger partial charge < -0.3 is 4.90 Å². The Hall–Kier alpha value is -1.40. The standard InChI is InChI=1S/C15H22N2O3S/c1-11(2)10-17(3)15(18)12-4-8-14(9-5-12)21(19,20)16-13-6-7-13/h4-5,8-9,11,13,16H,6-7,10H2,1-3H3. The fourth-order valence-corrected chi connectivity index (χ4v) is 3.42. The zero-order chi connectivity index (χ0) is 15.6. The maximum absolute atomic E-state index is 12.2. The summed E-state index contributed by atoms with van der Waals surface area (Å²) in [7, 11) is -1.70. The van der Waals surface area contributed by atoms with Crippen LogP contribution < -0.4 is 4.72 Å². The summed E-state index contributed by atoms with van der Waals surface area (Å²) in [5.41, 5.74) is 0.503. The molecule has 0 bridgehead atoms. The van der Waals surface area contributed by atoms with E-state index in [9.17, 15) is 13.2 Å². The van der Waals surface area contributed by atoms with Crippen LogP contribution in [-0.4, -0.2) is 38.9 Å². The number of nitrogens with one attached hydrogen (secondary N) is 1. The first-order valence-electron chi connectivity index (χ1n) is 7.17. The second kappa shape index (κ2) is 6.15. The molecule has 1 aliphatic rings. The molecule has 1 N–H and O–H groups in total. The van der Waals surface area contributed by atoms with E-state index in [4.69, 9.17) is 0 Å². The summed E-state index contributed by atoms with van der Waals surface area (Å²) in [5.74, 6) is 0.296. The summed E-state index contributed by atoms with van der Waals surface area (Å²) in [6.07, 6.45) is 1.80. The van der Waals surface area contributed by atoms with Gasteiger partial charge in [-0.1, -0.05) is 13.8 Å². The molecule has 0 aromatic heterocycles. The molecule has 0 atom stereocenters. The molecule has 1 aromatic rings. The Morgan fingerprint density at radius 2 is 1.86 bits per heavy atom. The molecule has 0 radical (unpaired) electrons. The van der Waals surface area contributed by atoms with Crippen molar-refractivity contribution in [1.29, 1.82) is 0 Å². The minimum absolute atomic E-state index is 0.0773. The zero-order valence-corrected chi connectivity index (χ0v) is 13.5. The Kier molecular flexibility index (Phi) is 4.68. The van der Waals surface area contributed by atoms with E-state index in [2.05, 4.69) is 4.72 Å². The van der Waals surface area contributed by atoms with Gasteiger partial charge in [-0.15, -0.1) is 0 Å². The van der Waals surface area contributed by atoms with E-state index in [1.165, 1.54) is 12.1 Å². The third kappa shape index (κ3) is 4.28. The third-order valence-electron chi connectivity index (χ3n) is 3.30. The van der Waals surface area contributed by atoms with Gasteiger partial charge in [-0.3, -0.25) is 4.79 Å². The zero-order valence-electron chi connectivity index (χ0n) is 12.7. The lowest BCUT2D eigenvalue weighted by Gasteiger charge is -2.19. The SMILES string of the molecule is CC(C)CN(C)C(=O)c1ccc(S(=O)(=O)NC2CC2)cc1. The number of sulfonamides is 1. The average Bonchev–Trinajstić information content (AvgIpc) is 3.20. The molecule has 21 heavy (non-hydrogen) atoms. The van der Waals surface area contributed by atoms with E-state index in [1.54, 1.807) is 24.1 Å². The van der Waals surface area contributed by atoms with Crippen LogP contribution in [0.2, 0.25) is 0 Å². The molecule has 6 heteroatoms. The number of hydrogen-bond donors (Lipinski definition) is 1. The van der Waals surface area contributed by atoms with E-state index in [0.29, 0.717) is 18.0 Å². The van der Waals surface area contributed by atoms with Crippen LogP contribution in [0.25, 0.3) is 0 Å². The number of nitrogens with zero attached hydrogens (tertiary/aromatic N) is 1. The summed E-state index contributed by atoms with van der Waals surface area (Å²) in [6, 6.07) is 6.19. The first-order valence-corrected chi connectivity index (χ1v) is 8.66. The van der Waals surface area contributed by atoms with E-state index in [-0.39, 0.29) is 16.8 Å². The lowest BCUT2D eigenvalue weighted by atomic mass is 10.1. The van der Waals surface area contributed by atoms with Crippen LogP contribution in [0.1, 0.15) is 37.0 Å². The second-order valence-electron chi connectivity index (χ2n) is 6.00. The van der Waals surface area contributed by atoms with E-state index in [0.717, 1.165) is 12.8 Å². The summed E-state index contributed by atoms with van der Waals surface area (Å²) < 4.78 is 26.7. The number of carbonyl (C=O) groups excluding carboxylic acids is 1. The number of carbonyl (C=O) groups is 1. The van der Waals surface area contributed by atoms with Gasteiger partial charge in [0, 0.05) is 25.2 Å². The van der Waals surface area contributed by atoms with Crippen molar-refractivity contribution in [2.45, 2.75) is 37.6 Å².